The van der Waals surface area contributed by atoms with Crippen molar-refractivity contribution < 1.29 is 18.7 Å². The average Bonchev–Trinajstić information content (AvgIpc) is 2.69. The summed E-state index contributed by atoms with van der Waals surface area (Å²) in [5.41, 5.74) is 0.417. The number of benzene rings is 2. The van der Waals surface area contributed by atoms with Gasteiger partial charge in [0.2, 0.25) is 0 Å². The molecule has 2 rings (SSSR count). The zero-order chi connectivity index (χ0) is 20.7. The van der Waals surface area contributed by atoms with Crippen molar-refractivity contribution in [3.8, 4) is 0 Å². The van der Waals surface area contributed by atoms with E-state index in [2.05, 4.69) is 5.32 Å². The van der Waals surface area contributed by atoms with Crippen molar-refractivity contribution in [1.82, 2.24) is 0 Å². The lowest BCUT2D eigenvalue weighted by molar-refractivity contribution is -0.147. The van der Waals surface area contributed by atoms with Gasteiger partial charge in [-0.05, 0) is 44.0 Å². The number of carbonyl (C=O) groups is 2. The van der Waals surface area contributed by atoms with Gasteiger partial charge in [-0.1, -0.05) is 43.6 Å². The summed E-state index contributed by atoms with van der Waals surface area (Å²) in [4.78, 5) is 25.2. The molecule has 0 aliphatic carbocycles. The molecule has 2 atom stereocenters. The fourth-order valence-corrected chi connectivity index (χ4v) is 3.57. The monoisotopic (exact) mass is 423 g/mol. The minimum atomic E-state index is -0.645. The summed E-state index contributed by atoms with van der Waals surface area (Å²) in [7, 11) is 0. The highest BCUT2D eigenvalue weighted by Crippen LogP contribution is 2.36. The number of rotatable bonds is 8. The van der Waals surface area contributed by atoms with Crippen molar-refractivity contribution in [1.29, 1.82) is 0 Å². The Bertz CT molecular complexity index is 832. The van der Waals surface area contributed by atoms with Crippen LogP contribution >= 0.6 is 23.4 Å². The summed E-state index contributed by atoms with van der Waals surface area (Å²) in [6.07, 6.45) is 1.07. The lowest BCUT2D eigenvalue weighted by Gasteiger charge is -2.18. The molecule has 2 aromatic rings. The number of carbonyl (C=O) groups excluding carboxylic acids is 2. The van der Waals surface area contributed by atoms with E-state index in [1.807, 2.05) is 20.8 Å². The number of halogens is 2. The molecule has 28 heavy (non-hydrogen) atoms. The molecule has 0 aliphatic heterocycles. The zero-order valence-corrected chi connectivity index (χ0v) is 17.6. The van der Waals surface area contributed by atoms with E-state index in [0.29, 0.717) is 16.9 Å². The molecule has 0 aliphatic rings. The Balaban J connectivity index is 2.19. The smallest absolute Gasteiger partial charge is 0.319 e. The van der Waals surface area contributed by atoms with Crippen LogP contribution in [0.3, 0.4) is 0 Å². The summed E-state index contributed by atoms with van der Waals surface area (Å²) in [6, 6.07) is 11.1. The van der Waals surface area contributed by atoms with Crippen LogP contribution < -0.4 is 5.32 Å². The Labute approximate surface area is 173 Å². The van der Waals surface area contributed by atoms with Gasteiger partial charge in [0.15, 0.2) is 0 Å². The fourth-order valence-electron chi connectivity index (χ4n) is 2.31. The minimum absolute atomic E-state index is 0.00546. The highest BCUT2D eigenvalue weighted by Gasteiger charge is 2.23. The molecule has 7 heteroatoms. The first-order valence-corrected chi connectivity index (χ1v) is 10.3. The molecule has 0 bridgehead atoms. The minimum Gasteiger partial charge on any atom is -0.462 e. The first kappa shape index (κ1) is 22.2. The van der Waals surface area contributed by atoms with Crippen LogP contribution in [0, 0.1) is 5.82 Å². The van der Waals surface area contributed by atoms with E-state index in [1.54, 1.807) is 30.3 Å². The molecule has 4 nitrogen and oxygen atoms in total. The highest BCUT2D eigenvalue weighted by atomic mass is 35.5. The summed E-state index contributed by atoms with van der Waals surface area (Å²) < 4.78 is 19.7. The van der Waals surface area contributed by atoms with E-state index in [1.165, 1.54) is 17.8 Å². The van der Waals surface area contributed by atoms with Crippen LogP contribution in [0.15, 0.2) is 47.4 Å². The van der Waals surface area contributed by atoms with Crippen LogP contribution in [0.1, 0.15) is 44.0 Å². The Morgan fingerprint density at radius 3 is 2.46 bits per heavy atom. The first-order valence-electron chi connectivity index (χ1n) is 9.08. The molecular weight excluding hydrogens is 401 g/mol. The molecule has 0 spiro atoms. The van der Waals surface area contributed by atoms with Gasteiger partial charge in [-0.3, -0.25) is 9.59 Å². The van der Waals surface area contributed by atoms with Crippen LogP contribution in [-0.4, -0.2) is 23.2 Å². The number of anilines is 1. The zero-order valence-electron chi connectivity index (χ0n) is 16.0. The van der Waals surface area contributed by atoms with E-state index in [0.717, 1.165) is 12.5 Å². The van der Waals surface area contributed by atoms with Crippen LogP contribution in [-0.2, 0) is 9.53 Å². The van der Waals surface area contributed by atoms with Gasteiger partial charge in [0.1, 0.15) is 11.1 Å². The molecule has 2 unspecified atom stereocenters. The number of ether oxygens (including phenoxy) is 1. The van der Waals surface area contributed by atoms with E-state index >= 15 is 0 Å². The van der Waals surface area contributed by atoms with Crippen molar-refractivity contribution in [2.75, 3.05) is 5.32 Å². The molecular formula is C21H23ClFNO3S. The summed E-state index contributed by atoms with van der Waals surface area (Å²) in [6.45, 7) is 5.63. The number of amides is 1. The van der Waals surface area contributed by atoms with E-state index < -0.39 is 17.0 Å². The predicted molar refractivity (Wildman–Crippen MR) is 112 cm³/mol. The lowest BCUT2D eigenvalue weighted by atomic mass is 10.2. The Hall–Kier alpha value is -2.05. The molecule has 2 aromatic carbocycles. The van der Waals surface area contributed by atoms with Gasteiger partial charge >= 0.3 is 5.97 Å². The van der Waals surface area contributed by atoms with E-state index in [9.17, 15) is 14.0 Å². The van der Waals surface area contributed by atoms with Crippen LogP contribution in [0.4, 0.5) is 10.1 Å². The number of nitrogens with one attached hydrogen (secondary N) is 1. The van der Waals surface area contributed by atoms with E-state index in [-0.39, 0.29) is 22.8 Å². The maximum absolute atomic E-state index is 14.3. The maximum Gasteiger partial charge on any atom is 0.319 e. The fraction of sp³-hybridized carbons (Fsp3) is 0.333. The third-order valence-corrected chi connectivity index (χ3v) is 5.93. The lowest BCUT2D eigenvalue weighted by Crippen LogP contribution is -2.24. The molecule has 0 saturated heterocycles. The molecule has 0 saturated carbocycles. The normalized spacial score (nSPS) is 12.9. The third kappa shape index (κ3) is 5.97. The van der Waals surface area contributed by atoms with Crippen molar-refractivity contribution in [3.05, 3.63) is 58.9 Å². The highest BCUT2D eigenvalue weighted by molar-refractivity contribution is 8.00. The van der Waals surface area contributed by atoms with Crippen molar-refractivity contribution in [3.63, 3.8) is 0 Å². The first-order chi connectivity index (χ1) is 13.3. The largest absolute Gasteiger partial charge is 0.462 e. The number of hydrogen-bond donors (Lipinski definition) is 1. The second kappa shape index (κ2) is 10.5. The molecule has 1 N–H and O–H groups in total. The SMILES string of the molecule is CCC(C)OC(=O)C(CC)Sc1cc(NC(=O)c2ccccc2)c(F)cc1Cl. The average molecular weight is 424 g/mol. The molecule has 0 fully saturated rings. The van der Waals surface area contributed by atoms with Gasteiger partial charge in [-0.2, -0.15) is 0 Å². The molecule has 0 heterocycles. The number of hydrogen-bond acceptors (Lipinski definition) is 4. The topological polar surface area (TPSA) is 55.4 Å². The second-order valence-corrected chi connectivity index (χ2v) is 7.90. The van der Waals surface area contributed by atoms with Crippen molar-refractivity contribution in [2.45, 2.75) is 49.9 Å². The van der Waals surface area contributed by atoms with Gasteiger partial charge in [-0.25, -0.2) is 4.39 Å². The quantitative estimate of drug-likeness (QED) is 0.421. The summed E-state index contributed by atoms with van der Waals surface area (Å²) >= 11 is 7.37. The van der Waals surface area contributed by atoms with Gasteiger partial charge in [-0.15, -0.1) is 11.8 Å². The predicted octanol–water partition coefficient (Wildman–Crippen LogP) is 5.94. The number of thioether (sulfide) groups is 1. The summed E-state index contributed by atoms with van der Waals surface area (Å²) in [5.74, 6) is -1.41. The van der Waals surface area contributed by atoms with Gasteiger partial charge in [0, 0.05) is 10.5 Å². The van der Waals surface area contributed by atoms with Gasteiger partial charge in [0.05, 0.1) is 16.8 Å². The van der Waals surface area contributed by atoms with Crippen LogP contribution in [0.25, 0.3) is 0 Å². The Morgan fingerprint density at radius 2 is 1.86 bits per heavy atom. The van der Waals surface area contributed by atoms with Gasteiger partial charge < -0.3 is 10.1 Å². The van der Waals surface area contributed by atoms with E-state index in [4.69, 9.17) is 16.3 Å². The van der Waals surface area contributed by atoms with Gasteiger partial charge in [0.25, 0.3) is 5.91 Å². The van der Waals surface area contributed by atoms with Crippen molar-refractivity contribution in [2.24, 2.45) is 0 Å². The van der Waals surface area contributed by atoms with Crippen LogP contribution in [0.5, 0.6) is 0 Å². The molecule has 0 aromatic heterocycles. The molecule has 1 amide bonds. The van der Waals surface area contributed by atoms with Crippen LogP contribution in [0.2, 0.25) is 5.02 Å². The summed E-state index contributed by atoms with van der Waals surface area (Å²) in [5, 5.41) is 2.25. The molecule has 0 radical (unpaired) electrons. The Morgan fingerprint density at radius 1 is 1.18 bits per heavy atom. The van der Waals surface area contributed by atoms with Crippen molar-refractivity contribution >= 4 is 40.9 Å². The number of esters is 1. The standard InChI is InChI=1S/C21H23ClFNO3S/c1-4-13(3)27-21(26)18(5-2)28-19-12-17(16(23)11-15(19)22)24-20(25)14-9-7-6-8-10-14/h6-13,18H,4-5H2,1-3H3,(H,24,25). The molecule has 150 valence electrons. The maximum atomic E-state index is 14.3. The second-order valence-electron chi connectivity index (χ2n) is 6.25. The Kier molecular flexibility index (Phi) is 8.33. The third-order valence-electron chi connectivity index (χ3n) is 4.10.